The highest BCUT2D eigenvalue weighted by atomic mass is 19.1. The summed E-state index contributed by atoms with van der Waals surface area (Å²) in [6.45, 7) is 0. The lowest BCUT2D eigenvalue weighted by Gasteiger charge is -2.10. The number of anilines is 2. The Kier molecular flexibility index (Phi) is 3.63. The molecule has 25 heavy (non-hydrogen) atoms. The number of nitrogens with one attached hydrogen (secondary N) is 2. The third kappa shape index (κ3) is 2.82. The van der Waals surface area contributed by atoms with Crippen molar-refractivity contribution in [1.82, 2.24) is 9.38 Å². The first-order valence-electron chi connectivity index (χ1n) is 7.97. The fourth-order valence-corrected chi connectivity index (χ4v) is 2.88. The quantitative estimate of drug-likeness (QED) is 0.763. The van der Waals surface area contributed by atoms with Crippen LogP contribution in [-0.2, 0) is 4.79 Å². The van der Waals surface area contributed by atoms with E-state index in [0.29, 0.717) is 17.2 Å². The van der Waals surface area contributed by atoms with E-state index >= 15 is 0 Å². The standard InChI is InChI=1S/C18H16F2N4O/c1-21-17-11(3-2-4-13(17)19)10-5-6-16-22-15(9-24(16)8-10)23-18(25)12-7-14(12)20/h2-6,8-9,12,14,21H,7H2,1H3,(H,23,25). The van der Waals surface area contributed by atoms with Crippen LogP contribution in [0.2, 0.25) is 0 Å². The normalized spacial score (nSPS) is 19.0. The zero-order valence-corrected chi connectivity index (χ0v) is 13.5. The minimum atomic E-state index is -1.04. The molecule has 2 atom stereocenters. The minimum absolute atomic E-state index is 0.274. The number of hydrogen-bond acceptors (Lipinski definition) is 3. The van der Waals surface area contributed by atoms with E-state index in [0.717, 1.165) is 11.1 Å². The van der Waals surface area contributed by atoms with Gasteiger partial charge < -0.3 is 15.0 Å². The van der Waals surface area contributed by atoms with Crippen LogP contribution in [0.25, 0.3) is 16.8 Å². The molecule has 0 saturated heterocycles. The van der Waals surface area contributed by atoms with Crippen molar-refractivity contribution >= 4 is 23.1 Å². The van der Waals surface area contributed by atoms with Crippen LogP contribution in [0, 0.1) is 11.7 Å². The number of para-hydroxylation sites is 1. The number of amides is 1. The van der Waals surface area contributed by atoms with Gasteiger partial charge in [-0.15, -0.1) is 0 Å². The topological polar surface area (TPSA) is 58.4 Å². The zero-order valence-electron chi connectivity index (χ0n) is 13.5. The third-order valence-corrected chi connectivity index (χ3v) is 4.33. The van der Waals surface area contributed by atoms with Crippen LogP contribution < -0.4 is 10.6 Å². The summed E-state index contributed by atoms with van der Waals surface area (Å²) in [5.41, 5.74) is 2.58. The number of fused-ring (bicyclic) bond motifs is 1. The summed E-state index contributed by atoms with van der Waals surface area (Å²) in [6, 6.07) is 8.49. The maximum absolute atomic E-state index is 14.0. The molecule has 0 spiro atoms. The van der Waals surface area contributed by atoms with Crippen molar-refractivity contribution in [2.45, 2.75) is 12.6 Å². The highest BCUT2D eigenvalue weighted by Gasteiger charge is 2.43. The molecule has 1 aromatic carbocycles. The minimum Gasteiger partial charge on any atom is -0.385 e. The molecule has 1 aliphatic rings. The third-order valence-electron chi connectivity index (χ3n) is 4.33. The number of hydrogen-bond donors (Lipinski definition) is 2. The second-order valence-electron chi connectivity index (χ2n) is 6.07. The largest absolute Gasteiger partial charge is 0.385 e. The number of aromatic nitrogens is 2. The Labute approximate surface area is 142 Å². The van der Waals surface area contributed by atoms with Gasteiger partial charge in [0.15, 0.2) is 5.82 Å². The molecular weight excluding hydrogens is 326 g/mol. The Hall–Kier alpha value is -2.96. The van der Waals surface area contributed by atoms with Gasteiger partial charge in [0.1, 0.15) is 17.6 Å². The molecule has 0 aliphatic heterocycles. The molecule has 5 nitrogen and oxygen atoms in total. The monoisotopic (exact) mass is 342 g/mol. The van der Waals surface area contributed by atoms with Crippen LogP contribution in [0.5, 0.6) is 0 Å². The molecule has 0 bridgehead atoms. The van der Waals surface area contributed by atoms with Crippen LogP contribution in [0.15, 0.2) is 42.7 Å². The average Bonchev–Trinajstić information content (AvgIpc) is 3.19. The van der Waals surface area contributed by atoms with Gasteiger partial charge in [0, 0.05) is 24.4 Å². The molecule has 2 aromatic heterocycles. The summed E-state index contributed by atoms with van der Waals surface area (Å²) in [5, 5.41) is 5.50. The van der Waals surface area contributed by atoms with E-state index in [4.69, 9.17) is 0 Å². The van der Waals surface area contributed by atoms with Crippen molar-refractivity contribution in [3.05, 3.63) is 48.5 Å². The van der Waals surface area contributed by atoms with Gasteiger partial charge in [-0.25, -0.2) is 13.8 Å². The lowest BCUT2D eigenvalue weighted by atomic mass is 10.1. The summed E-state index contributed by atoms with van der Waals surface area (Å²) in [4.78, 5) is 16.1. The Morgan fingerprint density at radius 1 is 1.28 bits per heavy atom. The van der Waals surface area contributed by atoms with Crippen LogP contribution in [-0.4, -0.2) is 28.5 Å². The van der Waals surface area contributed by atoms with Gasteiger partial charge in [0.05, 0.1) is 17.8 Å². The molecule has 128 valence electrons. The molecule has 7 heteroatoms. The first-order valence-corrected chi connectivity index (χ1v) is 7.97. The Morgan fingerprint density at radius 2 is 2.08 bits per heavy atom. The number of halogens is 2. The number of rotatable bonds is 4. The predicted octanol–water partition coefficient (Wildman–Crippen LogP) is 3.48. The maximum Gasteiger partial charge on any atom is 0.231 e. The first kappa shape index (κ1) is 15.6. The van der Waals surface area contributed by atoms with Crippen LogP contribution in [0.4, 0.5) is 20.3 Å². The smallest absolute Gasteiger partial charge is 0.231 e. The van der Waals surface area contributed by atoms with E-state index in [2.05, 4.69) is 15.6 Å². The Bertz CT molecular complexity index is 969. The molecule has 1 aliphatic carbocycles. The van der Waals surface area contributed by atoms with Crippen LogP contribution >= 0.6 is 0 Å². The van der Waals surface area contributed by atoms with Gasteiger partial charge in [-0.3, -0.25) is 4.79 Å². The number of pyridine rings is 1. The van der Waals surface area contributed by atoms with Gasteiger partial charge in [-0.1, -0.05) is 12.1 Å². The summed E-state index contributed by atoms with van der Waals surface area (Å²) in [5.74, 6) is -0.872. The number of imidazole rings is 1. The van der Waals surface area contributed by atoms with Gasteiger partial charge in [-0.05, 0) is 24.6 Å². The number of nitrogens with zero attached hydrogens (tertiary/aromatic N) is 2. The molecule has 0 radical (unpaired) electrons. The van der Waals surface area contributed by atoms with Gasteiger partial charge in [0.25, 0.3) is 0 Å². The second-order valence-corrected chi connectivity index (χ2v) is 6.07. The lowest BCUT2D eigenvalue weighted by Crippen LogP contribution is -2.15. The fourth-order valence-electron chi connectivity index (χ4n) is 2.88. The van der Waals surface area contributed by atoms with Crippen molar-refractivity contribution < 1.29 is 13.6 Å². The Balaban J connectivity index is 1.67. The average molecular weight is 342 g/mol. The molecule has 1 amide bonds. The molecule has 4 rings (SSSR count). The van der Waals surface area contributed by atoms with Crippen LogP contribution in [0.1, 0.15) is 6.42 Å². The predicted molar refractivity (Wildman–Crippen MR) is 91.8 cm³/mol. The summed E-state index contributed by atoms with van der Waals surface area (Å²) < 4.78 is 28.7. The molecule has 2 heterocycles. The Morgan fingerprint density at radius 3 is 2.80 bits per heavy atom. The summed E-state index contributed by atoms with van der Waals surface area (Å²) in [7, 11) is 1.67. The number of benzene rings is 1. The van der Waals surface area contributed by atoms with Gasteiger partial charge in [0.2, 0.25) is 5.91 Å². The highest BCUT2D eigenvalue weighted by Crippen LogP contribution is 2.35. The van der Waals surface area contributed by atoms with E-state index in [9.17, 15) is 13.6 Å². The molecule has 3 aromatic rings. The van der Waals surface area contributed by atoms with E-state index in [1.54, 1.807) is 29.8 Å². The van der Waals surface area contributed by atoms with Crippen molar-refractivity contribution in [3.8, 4) is 11.1 Å². The number of carbonyl (C=O) groups excluding carboxylic acids is 1. The van der Waals surface area contributed by atoms with Gasteiger partial charge in [-0.2, -0.15) is 0 Å². The van der Waals surface area contributed by atoms with Crippen molar-refractivity contribution in [3.63, 3.8) is 0 Å². The van der Waals surface area contributed by atoms with E-state index < -0.39 is 12.1 Å². The molecular formula is C18H16F2N4O. The number of alkyl halides is 1. The van der Waals surface area contributed by atoms with Gasteiger partial charge >= 0.3 is 0 Å². The second kappa shape index (κ2) is 5.84. The summed E-state index contributed by atoms with van der Waals surface area (Å²) in [6.07, 6.45) is 2.69. The molecule has 1 saturated carbocycles. The lowest BCUT2D eigenvalue weighted by molar-refractivity contribution is -0.117. The number of carbonyl (C=O) groups is 1. The van der Waals surface area contributed by atoms with E-state index in [-0.39, 0.29) is 18.1 Å². The van der Waals surface area contributed by atoms with Crippen LogP contribution in [0.3, 0.4) is 0 Å². The molecule has 2 N–H and O–H groups in total. The van der Waals surface area contributed by atoms with E-state index in [1.165, 1.54) is 6.07 Å². The SMILES string of the molecule is CNc1c(F)cccc1-c1ccc2nc(NC(=O)C3CC3F)cn2c1. The van der Waals surface area contributed by atoms with Crippen molar-refractivity contribution in [2.24, 2.45) is 5.92 Å². The molecule has 1 fully saturated rings. The van der Waals surface area contributed by atoms with Crippen molar-refractivity contribution in [1.29, 1.82) is 0 Å². The zero-order chi connectivity index (χ0) is 17.6. The van der Waals surface area contributed by atoms with Crippen molar-refractivity contribution in [2.75, 3.05) is 17.7 Å². The first-order chi connectivity index (χ1) is 12.1. The summed E-state index contributed by atoms with van der Waals surface area (Å²) >= 11 is 0. The molecule has 2 unspecified atom stereocenters. The fraction of sp³-hybridized carbons (Fsp3) is 0.222. The van der Waals surface area contributed by atoms with E-state index in [1.807, 2.05) is 18.3 Å². The maximum atomic E-state index is 14.0. The highest BCUT2D eigenvalue weighted by molar-refractivity contribution is 5.94.